The fourth-order valence-electron chi connectivity index (χ4n) is 2.08. The summed E-state index contributed by atoms with van der Waals surface area (Å²) >= 11 is 5.92. The summed E-state index contributed by atoms with van der Waals surface area (Å²) in [5.74, 6) is -0.827. The standard InChI is InChI=1S/C18H18ClN3O5/c1-26-12-7-11(8-13(9-12)27-2)17(24)22-21-16(23)10-20-18(25)14-5-3-4-6-15(14)19/h3-9H,10H2,1-2H3,(H,20,25)(H,21,23)(H,22,24). The van der Waals surface area contributed by atoms with E-state index in [0.717, 1.165) is 0 Å². The average Bonchev–Trinajstić information content (AvgIpc) is 2.69. The Hall–Kier alpha value is -3.26. The molecule has 9 heteroatoms. The Morgan fingerprint density at radius 1 is 0.926 bits per heavy atom. The zero-order valence-corrected chi connectivity index (χ0v) is 15.4. The Balaban J connectivity index is 1.87. The lowest BCUT2D eigenvalue weighted by Crippen LogP contribution is -2.46. The Morgan fingerprint density at radius 3 is 2.15 bits per heavy atom. The Kier molecular flexibility index (Phi) is 7.01. The zero-order valence-electron chi connectivity index (χ0n) is 14.7. The average molecular weight is 392 g/mol. The quantitative estimate of drug-likeness (QED) is 0.648. The summed E-state index contributed by atoms with van der Waals surface area (Å²) in [6.07, 6.45) is 0. The first-order valence-electron chi connectivity index (χ1n) is 7.79. The number of ether oxygens (including phenoxy) is 2. The minimum Gasteiger partial charge on any atom is -0.497 e. The molecule has 0 bridgehead atoms. The van der Waals surface area contributed by atoms with Crippen molar-refractivity contribution in [2.24, 2.45) is 0 Å². The van der Waals surface area contributed by atoms with Gasteiger partial charge in [0, 0.05) is 11.6 Å². The van der Waals surface area contributed by atoms with Crippen molar-refractivity contribution in [1.29, 1.82) is 0 Å². The highest BCUT2D eigenvalue weighted by molar-refractivity contribution is 6.33. The molecule has 0 saturated carbocycles. The number of amides is 3. The Morgan fingerprint density at radius 2 is 1.56 bits per heavy atom. The second-order valence-electron chi connectivity index (χ2n) is 5.27. The van der Waals surface area contributed by atoms with Crippen LogP contribution in [0.1, 0.15) is 20.7 Å². The normalized spacial score (nSPS) is 9.89. The van der Waals surface area contributed by atoms with Crippen molar-refractivity contribution in [2.45, 2.75) is 0 Å². The molecule has 2 aromatic rings. The van der Waals surface area contributed by atoms with Crippen molar-refractivity contribution in [3.8, 4) is 11.5 Å². The van der Waals surface area contributed by atoms with Crippen LogP contribution in [0.3, 0.4) is 0 Å². The summed E-state index contributed by atoms with van der Waals surface area (Å²) < 4.78 is 10.2. The minimum atomic E-state index is -0.612. The Bertz CT molecular complexity index is 834. The maximum absolute atomic E-state index is 12.1. The molecule has 0 saturated heterocycles. The van der Waals surface area contributed by atoms with Crippen molar-refractivity contribution >= 4 is 29.3 Å². The molecule has 0 atom stereocenters. The van der Waals surface area contributed by atoms with Crippen molar-refractivity contribution in [3.05, 3.63) is 58.6 Å². The van der Waals surface area contributed by atoms with Crippen molar-refractivity contribution in [1.82, 2.24) is 16.2 Å². The highest BCUT2D eigenvalue weighted by Gasteiger charge is 2.13. The van der Waals surface area contributed by atoms with Crippen LogP contribution in [0.5, 0.6) is 11.5 Å². The smallest absolute Gasteiger partial charge is 0.269 e. The van der Waals surface area contributed by atoms with Crippen LogP contribution in [0.2, 0.25) is 5.02 Å². The molecular formula is C18H18ClN3O5. The van der Waals surface area contributed by atoms with E-state index in [1.165, 1.54) is 32.4 Å². The van der Waals surface area contributed by atoms with Gasteiger partial charge in [0.15, 0.2) is 0 Å². The van der Waals surface area contributed by atoms with Crippen molar-refractivity contribution in [2.75, 3.05) is 20.8 Å². The number of nitrogens with one attached hydrogen (secondary N) is 3. The first-order chi connectivity index (χ1) is 12.9. The molecule has 0 aliphatic heterocycles. The first-order valence-corrected chi connectivity index (χ1v) is 8.17. The summed E-state index contributed by atoms with van der Waals surface area (Å²) in [5, 5.41) is 2.69. The van der Waals surface area contributed by atoms with Crippen molar-refractivity contribution < 1.29 is 23.9 Å². The number of carbonyl (C=O) groups is 3. The fourth-order valence-corrected chi connectivity index (χ4v) is 2.30. The molecule has 0 radical (unpaired) electrons. The molecule has 3 N–H and O–H groups in total. The van der Waals surface area contributed by atoms with Gasteiger partial charge in [-0.25, -0.2) is 0 Å². The summed E-state index contributed by atoms with van der Waals surface area (Å²) in [6, 6.07) is 11.0. The van der Waals surface area contributed by atoms with Gasteiger partial charge in [0.25, 0.3) is 17.7 Å². The van der Waals surface area contributed by atoms with Gasteiger partial charge >= 0.3 is 0 Å². The molecule has 0 spiro atoms. The van der Waals surface area contributed by atoms with E-state index in [-0.39, 0.29) is 22.7 Å². The van der Waals surface area contributed by atoms with E-state index in [9.17, 15) is 14.4 Å². The molecule has 0 fully saturated rings. The predicted molar refractivity (Wildman–Crippen MR) is 98.9 cm³/mol. The van der Waals surface area contributed by atoms with Crippen molar-refractivity contribution in [3.63, 3.8) is 0 Å². The summed E-state index contributed by atoms with van der Waals surface area (Å²) in [7, 11) is 2.92. The lowest BCUT2D eigenvalue weighted by Gasteiger charge is -2.11. The summed E-state index contributed by atoms with van der Waals surface area (Å²) in [4.78, 5) is 36.0. The zero-order chi connectivity index (χ0) is 19.8. The first kappa shape index (κ1) is 20.1. The molecule has 8 nitrogen and oxygen atoms in total. The van der Waals surface area contributed by atoms with Gasteiger partial charge in [-0.3, -0.25) is 25.2 Å². The van der Waals surface area contributed by atoms with Gasteiger partial charge in [0.1, 0.15) is 11.5 Å². The molecule has 2 aromatic carbocycles. The highest BCUT2D eigenvalue weighted by atomic mass is 35.5. The van der Waals surface area contributed by atoms with E-state index in [1.807, 2.05) is 0 Å². The molecule has 0 heterocycles. The van der Waals surface area contributed by atoms with Gasteiger partial charge in [-0.2, -0.15) is 0 Å². The maximum atomic E-state index is 12.1. The number of hydrogen-bond donors (Lipinski definition) is 3. The second-order valence-corrected chi connectivity index (χ2v) is 5.67. The van der Waals surface area contributed by atoms with E-state index in [0.29, 0.717) is 11.5 Å². The SMILES string of the molecule is COc1cc(OC)cc(C(=O)NNC(=O)CNC(=O)c2ccccc2Cl)c1. The largest absolute Gasteiger partial charge is 0.497 e. The van der Waals surface area contributed by atoms with E-state index < -0.39 is 17.7 Å². The molecule has 142 valence electrons. The Labute approximate surface area is 160 Å². The van der Waals surface area contributed by atoms with E-state index in [1.54, 1.807) is 24.3 Å². The molecule has 27 heavy (non-hydrogen) atoms. The summed E-state index contributed by atoms with van der Waals surface area (Å²) in [5.41, 5.74) is 4.94. The van der Waals surface area contributed by atoms with Crippen LogP contribution >= 0.6 is 11.6 Å². The third kappa shape index (κ3) is 5.61. The number of hydrazine groups is 1. The number of methoxy groups -OCH3 is 2. The van der Waals surface area contributed by atoms with Gasteiger partial charge in [-0.05, 0) is 24.3 Å². The molecule has 0 unspecified atom stereocenters. The van der Waals surface area contributed by atoms with Crippen LogP contribution in [0, 0.1) is 0 Å². The van der Waals surface area contributed by atoms with Gasteiger partial charge in [-0.15, -0.1) is 0 Å². The topological polar surface area (TPSA) is 106 Å². The molecule has 0 aliphatic carbocycles. The van der Waals surface area contributed by atoms with Crippen LogP contribution < -0.4 is 25.6 Å². The van der Waals surface area contributed by atoms with E-state index in [2.05, 4.69) is 16.2 Å². The molecule has 2 rings (SSSR count). The third-order valence-corrected chi connectivity index (χ3v) is 3.79. The molecular weight excluding hydrogens is 374 g/mol. The molecule has 0 aliphatic rings. The van der Waals surface area contributed by atoms with Gasteiger partial charge in [-0.1, -0.05) is 23.7 Å². The number of halogens is 1. The van der Waals surface area contributed by atoms with Crippen LogP contribution in [0.25, 0.3) is 0 Å². The van der Waals surface area contributed by atoms with Gasteiger partial charge < -0.3 is 14.8 Å². The number of carbonyl (C=O) groups excluding carboxylic acids is 3. The fraction of sp³-hybridized carbons (Fsp3) is 0.167. The molecule has 0 aromatic heterocycles. The van der Waals surface area contributed by atoms with Crippen LogP contribution in [0.15, 0.2) is 42.5 Å². The molecule has 3 amide bonds. The van der Waals surface area contributed by atoms with E-state index in [4.69, 9.17) is 21.1 Å². The monoisotopic (exact) mass is 391 g/mol. The highest BCUT2D eigenvalue weighted by Crippen LogP contribution is 2.22. The van der Waals surface area contributed by atoms with Crippen LogP contribution in [-0.2, 0) is 4.79 Å². The van der Waals surface area contributed by atoms with Gasteiger partial charge in [0.2, 0.25) is 0 Å². The number of hydrogen-bond acceptors (Lipinski definition) is 5. The summed E-state index contributed by atoms with van der Waals surface area (Å²) in [6.45, 7) is -0.341. The van der Waals surface area contributed by atoms with E-state index >= 15 is 0 Å². The number of benzene rings is 2. The third-order valence-electron chi connectivity index (χ3n) is 3.46. The maximum Gasteiger partial charge on any atom is 0.269 e. The van der Waals surface area contributed by atoms with Gasteiger partial charge in [0.05, 0.1) is 31.4 Å². The number of rotatable bonds is 6. The minimum absolute atomic E-state index is 0.228. The second kappa shape index (κ2) is 9.44. The van der Waals surface area contributed by atoms with Crippen LogP contribution in [0.4, 0.5) is 0 Å². The predicted octanol–water partition coefficient (Wildman–Crippen LogP) is 1.55. The lowest BCUT2D eigenvalue weighted by atomic mass is 10.2. The lowest BCUT2D eigenvalue weighted by molar-refractivity contribution is -0.120. The van der Waals surface area contributed by atoms with Crippen LogP contribution in [-0.4, -0.2) is 38.5 Å².